The lowest BCUT2D eigenvalue weighted by Crippen LogP contribution is -2.11. The van der Waals surface area contributed by atoms with Crippen molar-refractivity contribution in [2.45, 2.75) is 18.6 Å². The normalized spacial score (nSPS) is 17.1. The molecule has 2 unspecified atom stereocenters. The van der Waals surface area contributed by atoms with E-state index in [4.69, 9.17) is 20.4 Å². The molecule has 0 saturated carbocycles. The van der Waals surface area contributed by atoms with E-state index in [0.29, 0.717) is 0 Å². The van der Waals surface area contributed by atoms with Crippen molar-refractivity contribution in [3.8, 4) is 0 Å². The van der Waals surface area contributed by atoms with E-state index in [1.54, 1.807) is 0 Å². The number of aliphatic hydroxyl groups excluding tert-OH is 4. The van der Waals surface area contributed by atoms with Gasteiger partial charge < -0.3 is 20.4 Å². The monoisotopic (exact) mass is 162 g/mol. The summed E-state index contributed by atoms with van der Waals surface area (Å²) >= 11 is 0. The summed E-state index contributed by atoms with van der Waals surface area (Å²) in [5.41, 5.74) is 0. The average Bonchev–Trinajstić information content (AvgIpc) is 2.04. The van der Waals surface area contributed by atoms with Crippen LogP contribution < -0.4 is 0 Å². The summed E-state index contributed by atoms with van der Waals surface area (Å²) in [4.78, 5) is 0. The van der Waals surface area contributed by atoms with Crippen LogP contribution in [0, 0.1) is 0 Å². The summed E-state index contributed by atoms with van der Waals surface area (Å²) in [7, 11) is 0. The number of hydrogen-bond acceptors (Lipinski definition) is 4. The first kappa shape index (κ1) is 10.6. The summed E-state index contributed by atoms with van der Waals surface area (Å²) in [6, 6.07) is 0. The SMILES string of the molecule is OCC(O)/C=C/CC(O)CO. The van der Waals surface area contributed by atoms with Crippen molar-refractivity contribution < 1.29 is 20.4 Å². The fraction of sp³-hybridized carbons (Fsp3) is 0.714. The molecule has 0 aliphatic rings. The van der Waals surface area contributed by atoms with Gasteiger partial charge in [-0.1, -0.05) is 12.2 Å². The molecule has 0 spiro atoms. The van der Waals surface area contributed by atoms with Gasteiger partial charge in [-0.25, -0.2) is 0 Å². The maximum Gasteiger partial charge on any atom is 0.0951 e. The summed E-state index contributed by atoms with van der Waals surface area (Å²) in [5, 5.41) is 34.3. The fourth-order valence-corrected chi connectivity index (χ4v) is 0.528. The van der Waals surface area contributed by atoms with Crippen LogP contribution in [-0.4, -0.2) is 45.8 Å². The van der Waals surface area contributed by atoms with Crippen molar-refractivity contribution in [2.24, 2.45) is 0 Å². The Morgan fingerprint density at radius 1 is 1.09 bits per heavy atom. The lowest BCUT2D eigenvalue weighted by atomic mass is 10.2. The first-order valence-electron chi connectivity index (χ1n) is 3.45. The Bertz CT molecular complexity index is 113. The molecule has 0 fully saturated rings. The molecule has 0 radical (unpaired) electrons. The van der Waals surface area contributed by atoms with Crippen LogP contribution in [0.5, 0.6) is 0 Å². The fourth-order valence-electron chi connectivity index (χ4n) is 0.528. The van der Waals surface area contributed by atoms with Crippen molar-refractivity contribution in [1.29, 1.82) is 0 Å². The number of rotatable bonds is 5. The minimum atomic E-state index is -0.874. The Morgan fingerprint density at radius 2 is 1.73 bits per heavy atom. The van der Waals surface area contributed by atoms with E-state index in [1.807, 2.05) is 0 Å². The van der Waals surface area contributed by atoms with Crippen LogP contribution in [0.3, 0.4) is 0 Å². The van der Waals surface area contributed by atoms with E-state index in [9.17, 15) is 0 Å². The van der Waals surface area contributed by atoms with E-state index in [1.165, 1.54) is 12.2 Å². The molecular weight excluding hydrogens is 148 g/mol. The Kier molecular flexibility index (Phi) is 6.06. The topological polar surface area (TPSA) is 80.9 Å². The van der Waals surface area contributed by atoms with Crippen LogP contribution in [0.1, 0.15) is 6.42 Å². The van der Waals surface area contributed by atoms with Gasteiger partial charge in [0.05, 0.1) is 25.4 Å². The molecule has 0 aliphatic carbocycles. The van der Waals surface area contributed by atoms with Gasteiger partial charge in [0.2, 0.25) is 0 Å². The van der Waals surface area contributed by atoms with Gasteiger partial charge in [0.15, 0.2) is 0 Å². The van der Waals surface area contributed by atoms with E-state index in [2.05, 4.69) is 0 Å². The molecule has 0 saturated heterocycles. The van der Waals surface area contributed by atoms with Crippen molar-refractivity contribution in [2.75, 3.05) is 13.2 Å². The van der Waals surface area contributed by atoms with Crippen LogP contribution >= 0.6 is 0 Å². The molecule has 0 aliphatic heterocycles. The molecule has 66 valence electrons. The molecule has 4 nitrogen and oxygen atoms in total. The van der Waals surface area contributed by atoms with Gasteiger partial charge in [0.1, 0.15) is 0 Å². The predicted molar refractivity (Wildman–Crippen MR) is 39.9 cm³/mol. The molecule has 0 heterocycles. The Morgan fingerprint density at radius 3 is 2.18 bits per heavy atom. The van der Waals surface area contributed by atoms with Crippen LogP contribution in [0.4, 0.5) is 0 Å². The Balaban J connectivity index is 3.43. The van der Waals surface area contributed by atoms with Crippen LogP contribution in [-0.2, 0) is 0 Å². The third-order valence-electron chi connectivity index (χ3n) is 1.16. The van der Waals surface area contributed by atoms with Gasteiger partial charge >= 0.3 is 0 Å². The molecule has 2 atom stereocenters. The van der Waals surface area contributed by atoms with Crippen LogP contribution in [0.2, 0.25) is 0 Å². The highest BCUT2D eigenvalue weighted by atomic mass is 16.3. The largest absolute Gasteiger partial charge is 0.394 e. The van der Waals surface area contributed by atoms with Crippen LogP contribution in [0.15, 0.2) is 12.2 Å². The van der Waals surface area contributed by atoms with Gasteiger partial charge in [-0.3, -0.25) is 0 Å². The minimum absolute atomic E-state index is 0.285. The van der Waals surface area contributed by atoms with Gasteiger partial charge in [-0.15, -0.1) is 0 Å². The zero-order valence-electron chi connectivity index (χ0n) is 6.22. The van der Waals surface area contributed by atoms with Crippen molar-refractivity contribution in [3.63, 3.8) is 0 Å². The second-order valence-electron chi connectivity index (χ2n) is 2.25. The second kappa shape index (κ2) is 6.30. The molecule has 0 amide bonds. The lowest BCUT2D eigenvalue weighted by Gasteiger charge is -2.02. The third kappa shape index (κ3) is 6.00. The first-order chi connectivity index (χ1) is 5.20. The molecular formula is C7H14O4. The second-order valence-corrected chi connectivity index (χ2v) is 2.25. The maximum atomic E-state index is 8.80. The van der Waals surface area contributed by atoms with E-state index >= 15 is 0 Å². The summed E-state index contributed by atoms with van der Waals surface area (Å²) in [5.74, 6) is 0. The standard InChI is InChI=1S/C7H14O4/c8-4-6(10)2-1-3-7(11)5-9/h1-2,6-11H,3-5H2/b2-1+. The summed E-state index contributed by atoms with van der Waals surface area (Å²) in [6.07, 6.45) is 1.52. The lowest BCUT2D eigenvalue weighted by molar-refractivity contribution is 0.0966. The average molecular weight is 162 g/mol. The van der Waals surface area contributed by atoms with Gasteiger partial charge in [-0.2, -0.15) is 0 Å². The molecule has 0 aromatic heterocycles. The van der Waals surface area contributed by atoms with E-state index < -0.39 is 12.2 Å². The highest BCUT2D eigenvalue weighted by Gasteiger charge is 1.98. The van der Waals surface area contributed by atoms with E-state index in [-0.39, 0.29) is 19.6 Å². The highest BCUT2D eigenvalue weighted by molar-refractivity contribution is 4.89. The summed E-state index contributed by atoms with van der Waals surface area (Å²) in [6.45, 7) is -0.620. The molecule has 4 heteroatoms. The highest BCUT2D eigenvalue weighted by Crippen LogP contribution is 1.93. The molecule has 0 aromatic carbocycles. The quantitative estimate of drug-likeness (QED) is 0.376. The van der Waals surface area contributed by atoms with Gasteiger partial charge in [-0.05, 0) is 6.42 Å². The first-order valence-corrected chi connectivity index (χ1v) is 3.45. The zero-order valence-corrected chi connectivity index (χ0v) is 6.22. The Labute approximate surface area is 65.4 Å². The van der Waals surface area contributed by atoms with Crippen molar-refractivity contribution in [3.05, 3.63) is 12.2 Å². The van der Waals surface area contributed by atoms with Gasteiger partial charge in [0, 0.05) is 0 Å². The smallest absolute Gasteiger partial charge is 0.0951 e. The summed E-state index contributed by atoms with van der Waals surface area (Å²) < 4.78 is 0. The number of hydrogen-bond donors (Lipinski definition) is 4. The molecule has 4 N–H and O–H groups in total. The third-order valence-corrected chi connectivity index (χ3v) is 1.16. The molecule has 0 rings (SSSR count). The van der Waals surface area contributed by atoms with E-state index in [0.717, 1.165) is 0 Å². The maximum absolute atomic E-state index is 8.80. The molecule has 11 heavy (non-hydrogen) atoms. The molecule has 0 bridgehead atoms. The van der Waals surface area contributed by atoms with Crippen molar-refractivity contribution >= 4 is 0 Å². The molecule has 0 aromatic rings. The zero-order chi connectivity index (χ0) is 8.69. The van der Waals surface area contributed by atoms with Crippen LogP contribution in [0.25, 0.3) is 0 Å². The predicted octanol–water partition coefficient (Wildman–Crippen LogP) is -1.36. The van der Waals surface area contributed by atoms with Gasteiger partial charge in [0.25, 0.3) is 0 Å². The Hall–Kier alpha value is -0.420. The number of aliphatic hydroxyl groups is 4. The van der Waals surface area contributed by atoms with Crippen molar-refractivity contribution in [1.82, 2.24) is 0 Å². The minimum Gasteiger partial charge on any atom is -0.394 e.